The Bertz CT molecular complexity index is 1370. The van der Waals surface area contributed by atoms with E-state index in [2.05, 4.69) is 84.5 Å². The number of aliphatic hydroxyl groups excluding tert-OH is 2. The van der Waals surface area contributed by atoms with Crippen LogP contribution in [0.4, 0.5) is 0 Å². The van der Waals surface area contributed by atoms with Gasteiger partial charge in [-0.05, 0) is 61.9 Å². The van der Waals surface area contributed by atoms with Crippen LogP contribution in [0.3, 0.4) is 0 Å². The molecular formula is C32H35IrN2O2-. The molecule has 37 heavy (non-hydrogen) atoms. The molecule has 5 rings (SSSR count). The van der Waals surface area contributed by atoms with E-state index in [1.54, 1.807) is 13.8 Å². The second kappa shape index (κ2) is 11.8. The summed E-state index contributed by atoms with van der Waals surface area (Å²) in [5, 5.41) is 17.1. The molecule has 2 atom stereocenters. The van der Waals surface area contributed by atoms with Gasteiger partial charge in [0.1, 0.15) is 0 Å². The van der Waals surface area contributed by atoms with Gasteiger partial charge in [0, 0.05) is 43.1 Å². The summed E-state index contributed by atoms with van der Waals surface area (Å²) in [5.74, 6) is 0. The Labute approximate surface area is 234 Å². The molecule has 1 aliphatic rings. The monoisotopic (exact) mass is 672 g/mol. The van der Waals surface area contributed by atoms with Gasteiger partial charge in [-0.1, -0.05) is 56.3 Å². The predicted octanol–water partition coefficient (Wildman–Crippen LogP) is 6.67. The van der Waals surface area contributed by atoms with Crippen LogP contribution in [0.2, 0.25) is 0 Å². The van der Waals surface area contributed by atoms with Crippen molar-refractivity contribution in [3.8, 4) is 33.5 Å². The van der Waals surface area contributed by atoms with Crippen LogP contribution in [-0.2, 0) is 25.5 Å². The minimum Gasteiger partial charge on any atom is -0.393 e. The Morgan fingerprint density at radius 1 is 0.865 bits per heavy atom. The molecule has 2 N–H and O–H groups in total. The number of hydrogen-bond donors (Lipinski definition) is 2. The van der Waals surface area contributed by atoms with Crippen molar-refractivity contribution in [2.24, 2.45) is 0 Å². The van der Waals surface area contributed by atoms with E-state index in [-0.39, 0.29) is 37.7 Å². The summed E-state index contributed by atoms with van der Waals surface area (Å²) in [6.45, 7) is 11.9. The Balaban J connectivity index is 0.000000422. The number of rotatable bonds is 4. The molecular weight excluding hydrogens is 637 g/mol. The Hall–Kier alpha value is -2.69. The number of aromatic nitrogens is 2. The Morgan fingerprint density at radius 2 is 1.51 bits per heavy atom. The molecule has 0 aliphatic heterocycles. The maximum atomic E-state index is 8.56. The summed E-state index contributed by atoms with van der Waals surface area (Å²) < 4.78 is 0. The average Bonchev–Trinajstić information content (AvgIpc) is 3.05. The average molecular weight is 672 g/mol. The molecule has 1 aliphatic carbocycles. The van der Waals surface area contributed by atoms with Crippen molar-refractivity contribution < 1.29 is 30.3 Å². The maximum absolute atomic E-state index is 8.56. The van der Waals surface area contributed by atoms with E-state index < -0.39 is 0 Å². The molecule has 4 nitrogen and oxygen atoms in total. The van der Waals surface area contributed by atoms with Gasteiger partial charge in [0.15, 0.2) is 0 Å². The topological polar surface area (TPSA) is 66.2 Å². The van der Waals surface area contributed by atoms with Gasteiger partial charge < -0.3 is 15.2 Å². The predicted molar refractivity (Wildman–Crippen MR) is 147 cm³/mol. The first-order chi connectivity index (χ1) is 17.1. The first-order valence-corrected chi connectivity index (χ1v) is 12.5. The van der Waals surface area contributed by atoms with Crippen molar-refractivity contribution in [2.75, 3.05) is 0 Å². The van der Waals surface area contributed by atoms with Crippen LogP contribution in [0, 0.1) is 19.9 Å². The molecule has 195 valence electrons. The third kappa shape index (κ3) is 6.24. The SMILES string of the molecule is CC(O)CC(C)O.Cc1cnc(-c2[c-]ccc(-c3ccc4c(c3)C(C)(C)c3ccccc3-4)c2)c(C)n1.[Ir]. The van der Waals surface area contributed by atoms with Gasteiger partial charge in [-0.2, -0.15) is 0 Å². The van der Waals surface area contributed by atoms with E-state index in [1.165, 1.54) is 33.4 Å². The molecule has 0 saturated carbocycles. The van der Waals surface area contributed by atoms with Crippen LogP contribution in [0.25, 0.3) is 33.5 Å². The molecule has 4 aromatic rings. The number of nitrogens with zero attached hydrogens (tertiary/aromatic N) is 2. The fourth-order valence-electron chi connectivity index (χ4n) is 5.02. The van der Waals surface area contributed by atoms with Gasteiger partial charge in [0.05, 0.1) is 17.9 Å². The minimum atomic E-state index is -0.375. The second-order valence-corrected chi connectivity index (χ2v) is 10.3. The molecule has 0 fully saturated rings. The standard InChI is InChI=1S/C27H23N2.C5H12O2.Ir/c1-17-16-28-26(18(2)29-17)21-9-7-8-19(14-21)20-12-13-23-22-10-5-6-11-24(22)27(3,4)25(23)15-20;1-4(6)3-5(2)7;/h5-8,10-16H,1-4H3;4-7H,3H2,1-2H3;/q-1;;. The summed E-state index contributed by atoms with van der Waals surface area (Å²) in [6, 6.07) is 25.2. The first kappa shape index (κ1) is 28.9. The summed E-state index contributed by atoms with van der Waals surface area (Å²) in [5.41, 5.74) is 11.6. The van der Waals surface area contributed by atoms with Crippen LogP contribution in [0.1, 0.15) is 56.6 Å². The summed E-state index contributed by atoms with van der Waals surface area (Å²) >= 11 is 0. The van der Waals surface area contributed by atoms with Crippen molar-refractivity contribution in [1.82, 2.24) is 9.97 Å². The van der Waals surface area contributed by atoms with Gasteiger partial charge in [0.25, 0.3) is 0 Å². The van der Waals surface area contributed by atoms with Crippen LogP contribution < -0.4 is 0 Å². The zero-order chi connectivity index (χ0) is 26.0. The Morgan fingerprint density at radius 3 is 2.16 bits per heavy atom. The molecule has 0 saturated heterocycles. The van der Waals surface area contributed by atoms with Crippen LogP contribution in [-0.4, -0.2) is 32.4 Å². The molecule has 5 heteroatoms. The molecule has 1 heterocycles. The van der Waals surface area contributed by atoms with E-state index in [0.29, 0.717) is 6.42 Å². The number of fused-ring (bicyclic) bond motifs is 3. The number of aryl methyl sites for hydroxylation is 2. The third-order valence-electron chi connectivity index (χ3n) is 6.72. The van der Waals surface area contributed by atoms with Crippen LogP contribution in [0.15, 0.2) is 66.9 Å². The van der Waals surface area contributed by atoms with Crippen molar-refractivity contribution in [1.29, 1.82) is 0 Å². The number of aliphatic hydroxyl groups is 2. The summed E-state index contributed by atoms with van der Waals surface area (Å²) in [4.78, 5) is 9.16. The van der Waals surface area contributed by atoms with E-state index in [0.717, 1.165) is 22.6 Å². The second-order valence-electron chi connectivity index (χ2n) is 10.3. The third-order valence-corrected chi connectivity index (χ3v) is 6.72. The van der Waals surface area contributed by atoms with Crippen molar-refractivity contribution >= 4 is 0 Å². The van der Waals surface area contributed by atoms with Crippen molar-refractivity contribution in [3.05, 3.63) is 95.4 Å². The van der Waals surface area contributed by atoms with Gasteiger partial charge in [-0.3, -0.25) is 4.98 Å². The summed E-state index contributed by atoms with van der Waals surface area (Å²) in [6.07, 6.45) is 1.54. The molecule has 0 bridgehead atoms. The maximum Gasteiger partial charge on any atom is 0.0539 e. The zero-order valence-electron chi connectivity index (χ0n) is 22.3. The fraction of sp³-hybridized carbons (Fsp3) is 0.312. The molecule has 2 unspecified atom stereocenters. The number of hydrogen-bond acceptors (Lipinski definition) is 4. The smallest absolute Gasteiger partial charge is 0.0539 e. The van der Waals surface area contributed by atoms with Crippen LogP contribution >= 0.6 is 0 Å². The normalized spacial score (nSPS) is 14.4. The van der Waals surface area contributed by atoms with Gasteiger partial charge in [-0.25, -0.2) is 0 Å². The van der Waals surface area contributed by atoms with Gasteiger partial charge in [-0.15, -0.1) is 35.4 Å². The van der Waals surface area contributed by atoms with Gasteiger partial charge in [0.2, 0.25) is 0 Å². The molecule has 0 spiro atoms. The minimum absolute atomic E-state index is 0. The summed E-state index contributed by atoms with van der Waals surface area (Å²) in [7, 11) is 0. The van der Waals surface area contributed by atoms with E-state index in [1.807, 2.05) is 26.1 Å². The van der Waals surface area contributed by atoms with Crippen molar-refractivity contribution in [3.63, 3.8) is 0 Å². The van der Waals surface area contributed by atoms with Crippen LogP contribution in [0.5, 0.6) is 0 Å². The fourth-order valence-corrected chi connectivity index (χ4v) is 5.02. The van der Waals surface area contributed by atoms with E-state index >= 15 is 0 Å². The molecule has 3 aromatic carbocycles. The molecule has 1 aromatic heterocycles. The first-order valence-electron chi connectivity index (χ1n) is 12.5. The van der Waals surface area contributed by atoms with Gasteiger partial charge >= 0.3 is 0 Å². The zero-order valence-corrected chi connectivity index (χ0v) is 24.7. The molecule has 0 amide bonds. The Kier molecular flexibility index (Phi) is 9.20. The quantitative estimate of drug-likeness (QED) is 0.238. The number of benzene rings is 3. The largest absolute Gasteiger partial charge is 0.393 e. The molecule has 1 radical (unpaired) electrons. The van der Waals surface area contributed by atoms with E-state index in [9.17, 15) is 0 Å². The van der Waals surface area contributed by atoms with Crippen molar-refractivity contribution in [2.45, 2.75) is 65.6 Å². The van der Waals surface area contributed by atoms with E-state index in [4.69, 9.17) is 10.2 Å².